The maximum atomic E-state index is 14.0. The van der Waals surface area contributed by atoms with Gasteiger partial charge in [-0.2, -0.15) is 0 Å². The quantitative estimate of drug-likeness (QED) is 0.336. The molecule has 10 heteroatoms. The second-order valence-electron chi connectivity index (χ2n) is 13.7. The van der Waals surface area contributed by atoms with Gasteiger partial charge in [0.05, 0.1) is 6.04 Å². The fourth-order valence-electron chi connectivity index (χ4n) is 5.85. The highest BCUT2D eigenvalue weighted by Gasteiger charge is 2.62. The number of nitrogens with zero attached hydrogens (tertiary/aromatic N) is 1. The summed E-state index contributed by atoms with van der Waals surface area (Å²) in [5.74, 6) is -2.30. The van der Waals surface area contributed by atoms with Gasteiger partial charge in [0.2, 0.25) is 17.6 Å². The van der Waals surface area contributed by atoms with Crippen molar-refractivity contribution >= 4 is 29.6 Å². The predicted octanol–water partition coefficient (Wildman–Crippen LogP) is 3.31. The number of ether oxygens (including phenoxy) is 1. The van der Waals surface area contributed by atoms with Crippen LogP contribution in [0.5, 0.6) is 0 Å². The molecule has 1 aliphatic heterocycles. The van der Waals surface area contributed by atoms with Gasteiger partial charge in [0, 0.05) is 6.54 Å². The summed E-state index contributed by atoms with van der Waals surface area (Å²) in [5, 5.41) is 5.50. The van der Waals surface area contributed by atoms with Crippen molar-refractivity contribution in [2.75, 3.05) is 6.54 Å². The minimum absolute atomic E-state index is 0.0902. The zero-order chi connectivity index (χ0) is 29.9. The van der Waals surface area contributed by atoms with Crippen LogP contribution in [0.15, 0.2) is 0 Å². The Kier molecular flexibility index (Phi) is 10.2. The Morgan fingerprint density at radius 1 is 1.03 bits per heavy atom. The number of alkyl carbamates (subject to hydrolysis) is 1. The van der Waals surface area contributed by atoms with Gasteiger partial charge in [0.15, 0.2) is 0 Å². The summed E-state index contributed by atoms with van der Waals surface area (Å²) in [6, 6.07) is -2.82. The Balaban J connectivity index is 2.35. The number of rotatable bonds is 11. The molecule has 0 bridgehead atoms. The van der Waals surface area contributed by atoms with Gasteiger partial charge in [0.25, 0.3) is 5.91 Å². The van der Waals surface area contributed by atoms with Gasteiger partial charge < -0.3 is 26.0 Å². The lowest BCUT2D eigenvalue weighted by Gasteiger charge is -2.36. The van der Waals surface area contributed by atoms with E-state index in [9.17, 15) is 24.0 Å². The average Bonchev–Trinajstić information content (AvgIpc) is 3.33. The first-order valence-corrected chi connectivity index (χ1v) is 14.3. The number of ketones is 1. The van der Waals surface area contributed by atoms with Gasteiger partial charge in [-0.15, -0.1) is 0 Å². The third kappa shape index (κ3) is 8.42. The van der Waals surface area contributed by atoms with Gasteiger partial charge in [-0.1, -0.05) is 60.8 Å². The van der Waals surface area contributed by atoms with Crippen molar-refractivity contribution in [2.45, 2.75) is 125 Å². The number of hydrogen-bond donors (Lipinski definition) is 3. The highest BCUT2D eigenvalue weighted by molar-refractivity contribution is 6.37. The van der Waals surface area contributed by atoms with Crippen LogP contribution < -0.4 is 16.4 Å². The highest BCUT2D eigenvalue weighted by atomic mass is 16.6. The lowest BCUT2D eigenvalue weighted by molar-refractivity contribution is -0.143. The van der Waals surface area contributed by atoms with E-state index in [4.69, 9.17) is 10.5 Å². The number of hydrogen-bond acceptors (Lipinski definition) is 6. The van der Waals surface area contributed by atoms with Crippen molar-refractivity contribution in [3.63, 3.8) is 0 Å². The van der Waals surface area contributed by atoms with Gasteiger partial charge >= 0.3 is 6.09 Å². The molecule has 1 saturated heterocycles. The molecule has 39 heavy (non-hydrogen) atoms. The summed E-state index contributed by atoms with van der Waals surface area (Å²) in [6.45, 7) is 17.2. The molecule has 0 aromatic heterocycles. The number of likely N-dealkylation sites (tertiary alicyclic amines) is 1. The smallest absolute Gasteiger partial charge is 0.408 e. The average molecular weight is 551 g/mol. The molecule has 2 fully saturated rings. The van der Waals surface area contributed by atoms with E-state index in [0.29, 0.717) is 18.9 Å². The molecule has 222 valence electrons. The standard InChI is InChI=1S/C29H50N4O6/c1-10-12-17(3)13-19(21(34)23(30)35)31-24(36)20-15-29(14-18(29)11-2)16-33(20)25(37)22(27(4,5)6)32-26(38)39-28(7,8)9/h17-20,22H,10-16H2,1-9H3,(H2,30,35)(H,31,36)(H,32,38)/t17?,18-,19?,20-,22+,29?/m0/s1. The molecule has 0 aromatic carbocycles. The van der Waals surface area contributed by atoms with Crippen molar-refractivity contribution in [2.24, 2.45) is 28.4 Å². The largest absolute Gasteiger partial charge is 0.444 e. The van der Waals surface area contributed by atoms with E-state index in [1.54, 1.807) is 25.7 Å². The van der Waals surface area contributed by atoms with E-state index in [0.717, 1.165) is 25.7 Å². The minimum atomic E-state index is -1.09. The predicted molar refractivity (Wildman–Crippen MR) is 148 cm³/mol. The Labute approximate surface area is 233 Å². The topological polar surface area (TPSA) is 148 Å². The van der Waals surface area contributed by atoms with Crippen molar-refractivity contribution in [1.82, 2.24) is 15.5 Å². The van der Waals surface area contributed by atoms with E-state index in [2.05, 4.69) is 17.6 Å². The molecule has 1 saturated carbocycles. The van der Waals surface area contributed by atoms with Crippen molar-refractivity contribution in [1.29, 1.82) is 0 Å². The lowest BCUT2D eigenvalue weighted by Crippen LogP contribution is -2.59. The maximum absolute atomic E-state index is 14.0. The summed E-state index contributed by atoms with van der Waals surface area (Å²) < 4.78 is 5.42. The van der Waals surface area contributed by atoms with E-state index in [-0.39, 0.29) is 23.7 Å². The molecule has 1 spiro atoms. The SMILES string of the molecule is CCCC(C)CC(NC(=O)[C@@H]1CC2(C[C@@H]2CC)CN1C(=O)[C@@H](NC(=O)OC(C)(C)C)C(C)(C)C)C(=O)C(N)=O. The second-order valence-corrected chi connectivity index (χ2v) is 13.7. The second kappa shape index (κ2) is 12.3. The van der Waals surface area contributed by atoms with Crippen LogP contribution >= 0.6 is 0 Å². The van der Waals surface area contributed by atoms with E-state index in [1.807, 2.05) is 34.6 Å². The first-order valence-electron chi connectivity index (χ1n) is 14.3. The van der Waals surface area contributed by atoms with Crippen LogP contribution in [-0.2, 0) is 23.9 Å². The summed E-state index contributed by atoms with van der Waals surface area (Å²) in [6.07, 6.45) is 3.62. The summed E-state index contributed by atoms with van der Waals surface area (Å²) in [5.41, 5.74) is 3.73. The van der Waals surface area contributed by atoms with Crippen molar-refractivity contribution in [3.05, 3.63) is 0 Å². The number of nitrogens with one attached hydrogen (secondary N) is 2. The maximum Gasteiger partial charge on any atom is 0.408 e. The Hall–Kier alpha value is -2.65. The molecule has 10 nitrogen and oxygen atoms in total. The number of primary amides is 1. The third-order valence-electron chi connectivity index (χ3n) is 7.97. The molecule has 2 rings (SSSR count). The van der Waals surface area contributed by atoms with Crippen LogP contribution in [0.3, 0.4) is 0 Å². The fourth-order valence-corrected chi connectivity index (χ4v) is 5.85. The van der Waals surface area contributed by atoms with Gasteiger partial charge in [0.1, 0.15) is 17.7 Å². The molecule has 3 unspecified atom stereocenters. The van der Waals surface area contributed by atoms with E-state index >= 15 is 0 Å². The number of carbonyl (C=O) groups excluding carboxylic acids is 5. The van der Waals surface area contributed by atoms with Crippen LogP contribution in [0.25, 0.3) is 0 Å². The molecule has 1 aliphatic carbocycles. The van der Waals surface area contributed by atoms with Crippen LogP contribution in [0, 0.1) is 22.7 Å². The fraction of sp³-hybridized carbons (Fsp3) is 0.828. The van der Waals surface area contributed by atoms with Crippen LogP contribution in [0.1, 0.15) is 101 Å². The zero-order valence-electron chi connectivity index (χ0n) is 25.3. The molecule has 4 amide bonds. The van der Waals surface area contributed by atoms with E-state index < -0.39 is 52.8 Å². The van der Waals surface area contributed by atoms with Crippen LogP contribution in [0.2, 0.25) is 0 Å². The zero-order valence-corrected chi connectivity index (χ0v) is 25.3. The normalized spacial score (nSPS) is 25.0. The van der Waals surface area contributed by atoms with Gasteiger partial charge in [-0.05, 0) is 62.7 Å². The molecule has 0 aromatic rings. The highest BCUT2D eigenvalue weighted by Crippen LogP contribution is 2.61. The van der Waals surface area contributed by atoms with Crippen LogP contribution in [0.4, 0.5) is 4.79 Å². The Bertz CT molecular complexity index is 952. The summed E-state index contributed by atoms with van der Waals surface area (Å²) >= 11 is 0. The third-order valence-corrected chi connectivity index (χ3v) is 7.97. The van der Waals surface area contributed by atoms with Gasteiger partial charge in [-0.25, -0.2) is 4.79 Å². The van der Waals surface area contributed by atoms with Crippen molar-refractivity contribution in [3.8, 4) is 0 Å². The van der Waals surface area contributed by atoms with Gasteiger partial charge in [-0.3, -0.25) is 19.2 Å². The lowest BCUT2D eigenvalue weighted by atomic mass is 9.85. The van der Waals surface area contributed by atoms with E-state index in [1.165, 1.54) is 0 Å². The van der Waals surface area contributed by atoms with Crippen LogP contribution in [-0.4, -0.2) is 64.8 Å². The Morgan fingerprint density at radius 3 is 2.10 bits per heavy atom. The summed E-state index contributed by atoms with van der Waals surface area (Å²) in [7, 11) is 0. The number of carbonyl (C=O) groups is 5. The molecule has 2 aliphatic rings. The molecule has 0 radical (unpaired) electrons. The summed E-state index contributed by atoms with van der Waals surface area (Å²) in [4.78, 5) is 66.4. The number of Topliss-reactive ketones (excluding diaryl/α,β-unsaturated/α-hetero) is 1. The Morgan fingerprint density at radius 2 is 1.64 bits per heavy atom. The molecule has 6 atom stereocenters. The first kappa shape index (κ1) is 32.6. The first-order chi connectivity index (χ1) is 17.8. The number of amides is 4. The van der Waals surface area contributed by atoms with Crippen molar-refractivity contribution < 1.29 is 28.7 Å². The molecular weight excluding hydrogens is 500 g/mol. The monoisotopic (exact) mass is 550 g/mol. The molecule has 4 N–H and O–H groups in total. The minimum Gasteiger partial charge on any atom is -0.444 e. The molecular formula is C29H50N4O6. The number of nitrogens with two attached hydrogens (primary N) is 1. The molecule has 1 heterocycles.